The number of likely N-dealkylation sites (tertiary alicyclic amines) is 1. The average Bonchev–Trinajstić information content (AvgIpc) is 2.90. The first-order valence-corrected chi connectivity index (χ1v) is 6.21. The number of hydrogen-bond acceptors (Lipinski definition) is 2. The third-order valence-corrected chi connectivity index (χ3v) is 4.40. The molecule has 0 bridgehead atoms. The van der Waals surface area contributed by atoms with Gasteiger partial charge in [-0.05, 0) is 55.9 Å². The largest absolute Gasteiger partial charge is 0.303 e. The van der Waals surface area contributed by atoms with Gasteiger partial charge in [-0.3, -0.25) is 0 Å². The fourth-order valence-corrected chi connectivity index (χ4v) is 2.65. The van der Waals surface area contributed by atoms with Crippen LogP contribution in [0.25, 0.3) is 0 Å². The standard InChI is InChI=1S/C11H21NS/c1-10-2-6-12(7-3-10)8-11(9-13)4-5-11/h10,13H,2-9H2,1H3. The molecule has 13 heavy (non-hydrogen) atoms. The van der Waals surface area contributed by atoms with Crippen LogP contribution in [0.3, 0.4) is 0 Å². The van der Waals surface area contributed by atoms with Crippen LogP contribution in [0.1, 0.15) is 32.6 Å². The molecule has 0 spiro atoms. The van der Waals surface area contributed by atoms with E-state index in [1.54, 1.807) is 0 Å². The van der Waals surface area contributed by atoms with Gasteiger partial charge in [-0.1, -0.05) is 6.92 Å². The van der Waals surface area contributed by atoms with Crippen molar-refractivity contribution in [1.29, 1.82) is 0 Å². The van der Waals surface area contributed by atoms with Crippen LogP contribution in [0.15, 0.2) is 0 Å². The van der Waals surface area contributed by atoms with Gasteiger partial charge in [0.05, 0.1) is 0 Å². The molecule has 0 radical (unpaired) electrons. The highest BCUT2D eigenvalue weighted by molar-refractivity contribution is 7.80. The zero-order valence-corrected chi connectivity index (χ0v) is 9.52. The number of rotatable bonds is 3. The first-order valence-electron chi connectivity index (χ1n) is 5.57. The highest BCUT2D eigenvalue weighted by atomic mass is 32.1. The Hall–Kier alpha value is 0.310. The van der Waals surface area contributed by atoms with E-state index in [1.165, 1.54) is 45.3 Å². The molecule has 76 valence electrons. The van der Waals surface area contributed by atoms with Crippen LogP contribution in [0.2, 0.25) is 0 Å². The predicted octanol–water partition coefficient (Wildman–Crippen LogP) is 2.43. The number of thiol groups is 1. The summed E-state index contributed by atoms with van der Waals surface area (Å²) in [5, 5.41) is 0. The summed E-state index contributed by atoms with van der Waals surface area (Å²) in [6.07, 6.45) is 5.65. The molecule has 0 N–H and O–H groups in total. The second-order valence-electron chi connectivity index (χ2n) is 5.12. The van der Waals surface area contributed by atoms with Gasteiger partial charge in [0.2, 0.25) is 0 Å². The molecular formula is C11H21NS. The molecule has 1 saturated heterocycles. The van der Waals surface area contributed by atoms with Gasteiger partial charge in [-0.15, -0.1) is 0 Å². The molecule has 1 heterocycles. The third-order valence-electron chi connectivity index (χ3n) is 3.73. The molecule has 2 heteroatoms. The highest BCUT2D eigenvalue weighted by Crippen LogP contribution is 2.47. The molecule has 1 nitrogen and oxygen atoms in total. The Morgan fingerprint density at radius 3 is 2.38 bits per heavy atom. The van der Waals surface area contributed by atoms with Gasteiger partial charge >= 0.3 is 0 Å². The van der Waals surface area contributed by atoms with Crippen LogP contribution < -0.4 is 0 Å². The Bertz CT molecular complexity index is 169. The maximum absolute atomic E-state index is 4.45. The van der Waals surface area contributed by atoms with Crippen molar-refractivity contribution >= 4 is 12.6 Å². The van der Waals surface area contributed by atoms with Gasteiger partial charge in [-0.2, -0.15) is 12.6 Å². The monoisotopic (exact) mass is 199 g/mol. The Kier molecular flexibility index (Phi) is 2.89. The number of piperidine rings is 1. The van der Waals surface area contributed by atoms with Crippen LogP contribution >= 0.6 is 12.6 Å². The lowest BCUT2D eigenvalue weighted by Gasteiger charge is -2.32. The quantitative estimate of drug-likeness (QED) is 0.683. The molecule has 0 aromatic rings. The molecular weight excluding hydrogens is 178 g/mol. The summed E-state index contributed by atoms with van der Waals surface area (Å²) in [5.41, 5.74) is 0.629. The predicted molar refractivity (Wildman–Crippen MR) is 60.4 cm³/mol. The van der Waals surface area contributed by atoms with Crippen molar-refractivity contribution in [3.63, 3.8) is 0 Å². The van der Waals surface area contributed by atoms with Crippen molar-refractivity contribution in [2.24, 2.45) is 11.3 Å². The Morgan fingerprint density at radius 1 is 1.31 bits per heavy atom. The molecule has 0 aromatic heterocycles. The topological polar surface area (TPSA) is 3.24 Å². The van der Waals surface area contributed by atoms with Crippen molar-refractivity contribution in [3.05, 3.63) is 0 Å². The molecule has 1 saturated carbocycles. The van der Waals surface area contributed by atoms with E-state index < -0.39 is 0 Å². The summed E-state index contributed by atoms with van der Waals surface area (Å²) in [7, 11) is 0. The van der Waals surface area contributed by atoms with Gasteiger partial charge in [0.25, 0.3) is 0 Å². The van der Waals surface area contributed by atoms with E-state index in [0.717, 1.165) is 11.7 Å². The lowest BCUT2D eigenvalue weighted by molar-refractivity contribution is 0.166. The maximum atomic E-state index is 4.45. The van der Waals surface area contributed by atoms with E-state index >= 15 is 0 Å². The molecule has 0 aromatic carbocycles. The van der Waals surface area contributed by atoms with Crippen LogP contribution in [0.5, 0.6) is 0 Å². The first-order chi connectivity index (χ1) is 6.24. The molecule has 0 unspecified atom stereocenters. The minimum Gasteiger partial charge on any atom is -0.303 e. The summed E-state index contributed by atoms with van der Waals surface area (Å²) in [5.74, 6) is 2.06. The summed E-state index contributed by atoms with van der Waals surface area (Å²) < 4.78 is 0. The summed E-state index contributed by atoms with van der Waals surface area (Å²) in [6, 6.07) is 0. The van der Waals surface area contributed by atoms with E-state index in [9.17, 15) is 0 Å². The Labute approximate surface area is 87.3 Å². The van der Waals surface area contributed by atoms with E-state index in [4.69, 9.17) is 0 Å². The smallest absolute Gasteiger partial charge is 0.00458 e. The molecule has 0 amide bonds. The van der Waals surface area contributed by atoms with Crippen molar-refractivity contribution in [3.8, 4) is 0 Å². The number of hydrogen-bond donors (Lipinski definition) is 1. The van der Waals surface area contributed by atoms with Gasteiger partial charge in [0.1, 0.15) is 0 Å². The molecule has 2 rings (SSSR count). The maximum Gasteiger partial charge on any atom is 0.00458 e. The van der Waals surface area contributed by atoms with Crippen LogP contribution in [-0.4, -0.2) is 30.3 Å². The second-order valence-corrected chi connectivity index (χ2v) is 5.43. The number of nitrogens with zero attached hydrogens (tertiary/aromatic N) is 1. The lowest BCUT2D eigenvalue weighted by Crippen LogP contribution is -2.37. The molecule has 1 aliphatic heterocycles. The van der Waals surface area contributed by atoms with Crippen LogP contribution in [-0.2, 0) is 0 Å². The van der Waals surface area contributed by atoms with Gasteiger partial charge in [-0.25, -0.2) is 0 Å². The second kappa shape index (κ2) is 3.82. The fraction of sp³-hybridized carbons (Fsp3) is 1.00. The third kappa shape index (κ3) is 2.41. The Balaban J connectivity index is 1.76. The molecule has 1 aliphatic carbocycles. The average molecular weight is 199 g/mol. The minimum atomic E-state index is 0.629. The van der Waals surface area contributed by atoms with E-state index in [0.29, 0.717) is 5.41 Å². The minimum absolute atomic E-state index is 0.629. The molecule has 2 fully saturated rings. The zero-order valence-electron chi connectivity index (χ0n) is 8.63. The zero-order chi connectivity index (χ0) is 9.31. The van der Waals surface area contributed by atoms with Crippen molar-refractivity contribution < 1.29 is 0 Å². The van der Waals surface area contributed by atoms with E-state index in [2.05, 4.69) is 24.5 Å². The van der Waals surface area contributed by atoms with Crippen LogP contribution in [0, 0.1) is 11.3 Å². The van der Waals surface area contributed by atoms with Gasteiger partial charge in [0, 0.05) is 6.54 Å². The van der Waals surface area contributed by atoms with E-state index in [-0.39, 0.29) is 0 Å². The lowest BCUT2D eigenvalue weighted by atomic mass is 9.98. The first kappa shape index (κ1) is 9.85. The van der Waals surface area contributed by atoms with Crippen molar-refractivity contribution in [2.45, 2.75) is 32.6 Å². The summed E-state index contributed by atoms with van der Waals surface area (Å²) >= 11 is 4.45. The normalized spacial score (nSPS) is 29.1. The summed E-state index contributed by atoms with van der Waals surface area (Å²) in [6.45, 7) is 6.36. The Morgan fingerprint density at radius 2 is 1.92 bits per heavy atom. The van der Waals surface area contributed by atoms with Crippen molar-refractivity contribution in [1.82, 2.24) is 4.90 Å². The van der Waals surface area contributed by atoms with Crippen LogP contribution in [0.4, 0.5) is 0 Å². The van der Waals surface area contributed by atoms with Crippen molar-refractivity contribution in [2.75, 3.05) is 25.4 Å². The fourth-order valence-electron chi connectivity index (χ4n) is 2.24. The highest BCUT2D eigenvalue weighted by Gasteiger charge is 2.42. The van der Waals surface area contributed by atoms with Gasteiger partial charge < -0.3 is 4.90 Å². The van der Waals surface area contributed by atoms with Gasteiger partial charge in [0.15, 0.2) is 0 Å². The molecule has 2 aliphatic rings. The summed E-state index contributed by atoms with van der Waals surface area (Å²) in [4.78, 5) is 2.66. The SMILES string of the molecule is CC1CCN(CC2(CS)CC2)CC1. The molecule has 0 atom stereocenters. The van der Waals surface area contributed by atoms with E-state index in [1.807, 2.05) is 0 Å².